The zero-order valence-electron chi connectivity index (χ0n) is 15.7. The summed E-state index contributed by atoms with van der Waals surface area (Å²) in [4.78, 5) is 23.1. The Bertz CT molecular complexity index is 765. The highest BCUT2D eigenvalue weighted by Gasteiger charge is 2.19. The van der Waals surface area contributed by atoms with Crippen LogP contribution in [-0.2, 0) is 27.3 Å². The van der Waals surface area contributed by atoms with Crippen LogP contribution in [-0.4, -0.2) is 42.0 Å². The van der Waals surface area contributed by atoms with Crippen molar-refractivity contribution in [3.8, 4) is 0 Å². The monoisotopic (exact) mass is 387 g/mol. The lowest BCUT2D eigenvalue weighted by atomic mass is 9.99. The summed E-state index contributed by atoms with van der Waals surface area (Å²) in [6, 6.07) is 16.0. The van der Waals surface area contributed by atoms with E-state index in [9.17, 15) is 19.8 Å². The van der Waals surface area contributed by atoms with E-state index in [2.05, 4.69) is 10.1 Å². The lowest BCUT2D eigenvalue weighted by Gasteiger charge is -2.19. The molecule has 2 unspecified atom stereocenters. The van der Waals surface area contributed by atoms with Crippen LogP contribution in [0.25, 0.3) is 0 Å². The van der Waals surface area contributed by atoms with Crippen LogP contribution >= 0.6 is 0 Å². The molecule has 0 aliphatic heterocycles. The van der Waals surface area contributed by atoms with Gasteiger partial charge in [-0.1, -0.05) is 54.6 Å². The summed E-state index contributed by atoms with van der Waals surface area (Å²) in [5.74, 6) is -0.384. The van der Waals surface area contributed by atoms with Crippen molar-refractivity contribution in [2.24, 2.45) is 0 Å². The van der Waals surface area contributed by atoms with Crippen molar-refractivity contribution in [2.45, 2.75) is 31.7 Å². The first-order valence-corrected chi connectivity index (χ1v) is 8.96. The fraction of sp³-hybridized carbons (Fsp3) is 0.333. The molecular formula is C21H25NO6. The Morgan fingerprint density at radius 1 is 1.04 bits per heavy atom. The van der Waals surface area contributed by atoms with Gasteiger partial charge in [0.25, 0.3) is 0 Å². The predicted molar refractivity (Wildman–Crippen MR) is 102 cm³/mol. The topological polar surface area (TPSA) is 105 Å². The average molecular weight is 387 g/mol. The number of nitrogens with one attached hydrogen (secondary N) is 1. The zero-order valence-corrected chi connectivity index (χ0v) is 15.7. The number of esters is 1. The van der Waals surface area contributed by atoms with Gasteiger partial charge in [0.1, 0.15) is 12.7 Å². The number of benzene rings is 2. The van der Waals surface area contributed by atoms with Gasteiger partial charge in [-0.05, 0) is 23.1 Å². The van der Waals surface area contributed by atoms with Crippen LogP contribution in [0, 0.1) is 0 Å². The van der Waals surface area contributed by atoms with Crippen LogP contribution in [0.2, 0.25) is 0 Å². The van der Waals surface area contributed by atoms with Gasteiger partial charge in [0.15, 0.2) is 0 Å². The summed E-state index contributed by atoms with van der Waals surface area (Å²) in [6.45, 7) is 0.304. The molecule has 0 saturated heterocycles. The Balaban J connectivity index is 1.76. The summed E-state index contributed by atoms with van der Waals surface area (Å²) in [5, 5.41) is 23.0. The number of aliphatic hydroxyl groups excluding tert-OH is 2. The number of carbonyl (C=O) groups is 2. The summed E-state index contributed by atoms with van der Waals surface area (Å²) in [5.41, 5.74) is 2.04. The number of hydrogen-bond donors (Lipinski definition) is 3. The van der Waals surface area contributed by atoms with Crippen molar-refractivity contribution >= 4 is 12.1 Å². The first-order chi connectivity index (χ1) is 13.5. The van der Waals surface area contributed by atoms with E-state index < -0.39 is 18.3 Å². The van der Waals surface area contributed by atoms with Crippen molar-refractivity contribution in [2.75, 3.05) is 13.7 Å². The number of methoxy groups -OCH3 is 1. The molecule has 28 heavy (non-hydrogen) atoms. The molecule has 0 saturated carbocycles. The number of hydrogen-bond acceptors (Lipinski definition) is 6. The summed E-state index contributed by atoms with van der Waals surface area (Å²) in [7, 11) is 1.31. The molecule has 2 atom stereocenters. The molecule has 2 aromatic rings. The van der Waals surface area contributed by atoms with Crippen LogP contribution < -0.4 is 5.32 Å². The van der Waals surface area contributed by atoms with E-state index in [0.717, 1.165) is 5.56 Å². The van der Waals surface area contributed by atoms with Gasteiger partial charge in [-0.25, -0.2) is 4.79 Å². The van der Waals surface area contributed by atoms with E-state index in [0.29, 0.717) is 11.1 Å². The Kier molecular flexibility index (Phi) is 8.45. The fourth-order valence-corrected chi connectivity index (χ4v) is 2.60. The largest absolute Gasteiger partial charge is 0.469 e. The number of alkyl carbamates (subject to hydrolysis) is 1. The number of ether oxygens (including phenoxy) is 2. The molecule has 0 bridgehead atoms. The standard InChI is InChI=1S/C21H25NO6/c1-27-19(24)13-16-8-5-9-17(12-16)20(25)18(23)10-11-22-21(26)28-14-15-6-3-2-4-7-15/h2-9,12,18,20,23,25H,10-11,13-14H2,1H3,(H,22,26). The van der Waals surface area contributed by atoms with Crippen LogP contribution in [0.4, 0.5) is 4.79 Å². The minimum atomic E-state index is -1.14. The Hall–Kier alpha value is -2.90. The molecule has 7 nitrogen and oxygen atoms in total. The van der Waals surface area contributed by atoms with Gasteiger partial charge >= 0.3 is 12.1 Å². The van der Waals surface area contributed by atoms with Gasteiger partial charge in [-0.2, -0.15) is 0 Å². The fourth-order valence-electron chi connectivity index (χ4n) is 2.60. The molecule has 1 amide bonds. The summed E-state index contributed by atoms with van der Waals surface area (Å²) >= 11 is 0. The SMILES string of the molecule is COC(=O)Cc1cccc(C(O)C(O)CCNC(=O)OCc2ccccc2)c1. The smallest absolute Gasteiger partial charge is 0.407 e. The van der Waals surface area contributed by atoms with Gasteiger partial charge < -0.3 is 25.0 Å². The molecule has 150 valence electrons. The Morgan fingerprint density at radius 3 is 2.46 bits per heavy atom. The Labute approximate surface area is 163 Å². The number of amides is 1. The van der Waals surface area contributed by atoms with Crippen molar-refractivity contribution in [1.29, 1.82) is 0 Å². The van der Waals surface area contributed by atoms with E-state index >= 15 is 0 Å². The lowest BCUT2D eigenvalue weighted by Crippen LogP contribution is -2.29. The molecule has 2 rings (SSSR count). The van der Waals surface area contributed by atoms with E-state index in [1.807, 2.05) is 30.3 Å². The third-order valence-electron chi connectivity index (χ3n) is 4.16. The summed E-state index contributed by atoms with van der Waals surface area (Å²) in [6.07, 6.45) is -2.58. The van der Waals surface area contributed by atoms with Crippen molar-refractivity contribution in [1.82, 2.24) is 5.32 Å². The highest BCUT2D eigenvalue weighted by Crippen LogP contribution is 2.20. The van der Waals surface area contributed by atoms with E-state index in [1.54, 1.807) is 24.3 Å². The van der Waals surface area contributed by atoms with E-state index in [4.69, 9.17) is 4.74 Å². The third-order valence-corrected chi connectivity index (χ3v) is 4.16. The van der Waals surface area contributed by atoms with E-state index in [1.165, 1.54) is 7.11 Å². The normalized spacial score (nSPS) is 12.7. The number of aliphatic hydroxyl groups is 2. The maximum atomic E-state index is 11.7. The maximum absolute atomic E-state index is 11.7. The average Bonchev–Trinajstić information content (AvgIpc) is 2.72. The minimum absolute atomic E-state index is 0.0853. The summed E-state index contributed by atoms with van der Waals surface area (Å²) < 4.78 is 9.70. The van der Waals surface area contributed by atoms with Crippen LogP contribution in [0.5, 0.6) is 0 Å². The maximum Gasteiger partial charge on any atom is 0.407 e. The molecule has 2 aromatic carbocycles. The van der Waals surface area contributed by atoms with Crippen molar-refractivity contribution < 1.29 is 29.3 Å². The molecule has 0 radical (unpaired) electrons. The number of rotatable bonds is 9. The van der Waals surface area contributed by atoms with Gasteiger partial charge in [0.2, 0.25) is 0 Å². The van der Waals surface area contributed by atoms with Gasteiger partial charge in [-0.15, -0.1) is 0 Å². The van der Waals surface area contributed by atoms with Crippen LogP contribution in [0.3, 0.4) is 0 Å². The molecular weight excluding hydrogens is 362 g/mol. The highest BCUT2D eigenvalue weighted by atomic mass is 16.5. The first kappa shape index (κ1) is 21.4. The van der Waals surface area contributed by atoms with Crippen LogP contribution in [0.15, 0.2) is 54.6 Å². The van der Waals surface area contributed by atoms with Gasteiger partial charge in [-0.3, -0.25) is 4.79 Å². The molecule has 3 N–H and O–H groups in total. The highest BCUT2D eigenvalue weighted by molar-refractivity contribution is 5.72. The van der Waals surface area contributed by atoms with Crippen molar-refractivity contribution in [3.63, 3.8) is 0 Å². The molecule has 0 aromatic heterocycles. The van der Waals surface area contributed by atoms with Crippen LogP contribution in [0.1, 0.15) is 29.2 Å². The van der Waals surface area contributed by atoms with Gasteiger partial charge in [0.05, 0.1) is 19.6 Å². The van der Waals surface area contributed by atoms with Crippen molar-refractivity contribution in [3.05, 3.63) is 71.3 Å². The molecule has 0 aliphatic rings. The van der Waals surface area contributed by atoms with Gasteiger partial charge in [0, 0.05) is 6.54 Å². The minimum Gasteiger partial charge on any atom is -0.469 e. The molecule has 0 fully saturated rings. The van der Waals surface area contributed by atoms with E-state index in [-0.39, 0.29) is 32.0 Å². The molecule has 0 heterocycles. The lowest BCUT2D eigenvalue weighted by molar-refractivity contribution is -0.139. The second-order valence-electron chi connectivity index (χ2n) is 6.29. The Morgan fingerprint density at radius 2 is 1.75 bits per heavy atom. The first-order valence-electron chi connectivity index (χ1n) is 8.96. The quantitative estimate of drug-likeness (QED) is 0.569. The third kappa shape index (κ3) is 7.02. The predicted octanol–water partition coefficient (Wildman–Crippen LogP) is 2.11. The second-order valence-corrected chi connectivity index (χ2v) is 6.29. The zero-order chi connectivity index (χ0) is 20.4. The molecule has 7 heteroatoms. The molecule has 0 spiro atoms. The second kappa shape index (κ2) is 11.1. The molecule has 0 aliphatic carbocycles. The number of carbonyl (C=O) groups excluding carboxylic acids is 2.